The molecule has 1 aliphatic rings. The number of ether oxygens (including phenoxy) is 2. The molecule has 0 spiro atoms. The van der Waals surface area contributed by atoms with E-state index in [1.165, 1.54) is 0 Å². The Morgan fingerprint density at radius 3 is 1.56 bits per heavy atom. The van der Waals surface area contributed by atoms with Crippen molar-refractivity contribution in [3.63, 3.8) is 0 Å². The lowest BCUT2D eigenvalue weighted by Crippen LogP contribution is -2.13. The van der Waals surface area contributed by atoms with Crippen LogP contribution in [0.4, 0.5) is 0 Å². The fraction of sp³-hybridized carbons (Fsp3) is 0.700. The van der Waals surface area contributed by atoms with Gasteiger partial charge in [-0.2, -0.15) is 0 Å². The van der Waals surface area contributed by atoms with E-state index in [9.17, 15) is 14.4 Å². The number of carbonyl (C=O) groups is 3. The van der Waals surface area contributed by atoms with Gasteiger partial charge in [0, 0.05) is 0 Å². The van der Waals surface area contributed by atoms with Crippen LogP contribution in [-0.2, 0) is 23.9 Å². The molecule has 0 amide bonds. The molecular weight excluding hydrogens is 216 g/mol. The second-order valence-electron chi connectivity index (χ2n) is 3.42. The van der Waals surface area contributed by atoms with Crippen LogP contribution in [0, 0.1) is 17.8 Å². The number of hydrogen-bond acceptors (Lipinski definition) is 5. The van der Waals surface area contributed by atoms with Crippen molar-refractivity contribution in [3.05, 3.63) is 0 Å². The highest BCUT2D eigenvalue weighted by molar-refractivity contribution is 5.96. The predicted molar refractivity (Wildman–Crippen MR) is 51.4 cm³/mol. The van der Waals surface area contributed by atoms with Gasteiger partial charge >= 0.3 is 17.9 Å². The number of carbonyl (C=O) groups excluding carboxylic acids is 2. The Bertz CT molecular complexity index is 286. The quantitative estimate of drug-likeness (QED) is 0.671. The molecule has 1 fully saturated rings. The van der Waals surface area contributed by atoms with E-state index in [0.717, 1.165) is 0 Å². The summed E-state index contributed by atoms with van der Waals surface area (Å²) in [6.45, 7) is 3.57. The van der Waals surface area contributed by atoms with Crippen LogP contribution in [0.3, 0.4) is 0 Å². The highest BCUT2D eigenvalue weighted by Crippen LogP contribution is 2.48. The average molecular weight is 230 g/mol. The lowest BCUT2D eigenvalue weighted by molar-refractivity contribution is -0.150. The number of rotatable bonds is 5. The van der Waals surface area contributed by atoms with Gasteiger partial charge in [-0.15, -0.1) is 0 Å². The lowest BCUT2D eigenvalue weighted by atomic mass is 10.3. The Labute approximate surface area is 92.5 Å². The summed E-state index contributed by atoms with van der Waals surface area (Å²) in [5.41, 5.74) is 0. The zero-order chi connectivity index (χ0) is 12.3. The summed E-state index contributed by atoms with van der Waals surface area (Å²) in [7, 11) is 0. The van der Waals surface area contributed by atoms with Crippen molar-refractivity contribution >= 4 is 17.9 Å². The summed E-state index contributed by atoms with van der Waals surface area (Å²) in [5, 5.41) is 8.81. The first kappa shape index (κ1) is 12.5. The maximum atomic E-state index is 11.3. The Morgan fingerprint density at radius 2 is 1.31 bits per heavy atom. The van der Waals surface area contributed by atoms with Crippen molar-refractivity contribution in [3.8, 4) is 0 Å². The standard InChI is InChI=1S/C10H14O6/c1-3-15-9(13)6-5(8(11)12)7(6)10(14)16-4-2/h5-7H,3-4H2,1-2H3,(H,11,12). The summed E-state index contributed by atoms with van der Waals surface area (Å²) in [6.07, 6.45) is 0. The lowest BCUT2D eigenvalue weighted by Gasteiger charge is -2.00. The maximum Gasteiger partial charge on any atom is 0.310 e. The molecule has 2 atom stereocenters. The van der Waals surface area contributed by atoms with E-state index < -0.39 is 35.7 Å². The third kappa shape index (κ3) is 2.32. The van der Waals surface area contributed by atoms with Crippen LogP contribution in [0.5, 0.6) is 0 Å². The minimum absolute atomic E-state index is 0.164. The molecule has 0 aromatic carbocycles. The fourth-order valence-electron chi connectivity index (χ4n) is 1.68. The van der Waals surface area contributed by atoms with E-state index in [1.54, 1.807) is 13.8 Å². The van der Waals surface area contributed by atoms with Gasteiger partial charge in [0.25, 0.3) is 0 Å². The van der Waals surface area contributed by atoms with Gasteiger partial charge < -0.3 is 14.6 Å². The normalized spacial score (nSPS) is 27.0. The SMILES string of the molecule is CCOC(=O)C1C(C(=O)O)C1C(=O)OCC. The van der Waals surface area contributed by atoms with Crippen molar-refractivity contribution < 1.29 is 29.0 Å². The summed E-state index contributed by atoms with van der Waals surface area (Å²) >= 11 is 0. The fourth-order valence-corrected chi connectivity index (χ4v) is 1.68. The highest BCUT2D eigenvalue weighted by Gasteiger charge is 2.65. The molecule has 0 radical (unpaired) electrons. The third-order valence-corrected chi connectivity index (χ3v) is 2.42. The van der Waals surface area contributed by atoms with Crippen molar-refractivity contribution in [2.75, 3.05) is 13.2 Å². The number of aliphatic carboxylic acids is 1. The zero-order valence-electron chi connectivity index (χ0n) is 9.13. The Balaban J connectivity index is 2.67. The highest BCUT2D eigenvalue weighted by atomic mass is 16.5. The second kappa shape index (κ2) is 4.96. The van der Waals surface area contributed by atoms with Crippen molar-refractivity contribution in [2.24, 2.45) is 17.8 Å². The molecule has 16 heavy (non-hydrogen) atoms. The van der Waals surface area contributed by atoms with Gasteiger partial charge in [-0.05, 0) is 13.8 Å². The van der Waals surface area contributed by atoms with Crippen LogP contribution >= 0.6 is 0 Å². The van der Waals surface area contributed by atoms with E-state index >= 15 is 0 Å². The minimum Gasteiger partial charge on any atom is -0.481 e. The van der Waals surface area contributed by atoms with Gasteiger partial charge in [-0.1, -0.05) is 0 Å². The van der Waals surface area contributed by atoms with E-state index in [-0.39, 0.29) is 13.2 Å². The van der Waals surface area contributed by atoms with Gasteiger partial charge in [-0.3, -0.25) is 14.4 Å². The molecule has 6 nitrogen and oxygen atoms in total. The van der Waals surface area contributed by atoms with E-state index in [1.807, 2.05) is 0 Å². The largest absolute Gasteiger partial charge is 0.481 e. The molecule has 1 saturated carbocycles. The van der Waals surface area contributed by atoms with Crippen LogP contribution in [0.2, 0.25) is 0 Å². The second-order valence-corrected chi connectivity index (χ2v) is 3.42. The molecule has 0 aliphatic heterocycles. The maximum absolute atomic E-state index is 11.3. The van der Waals surface area contributed by atoms with Gasteiger partial charge in [-0.25, -0.2) is 0 Å². The molecule has 1 rings (SSSR count). The van der Waals surface area contributed by atoms with Crippen molar-refractivity contribution in [1.82, 2.24) is 0 Å². The molecule has 6 heteroatoms. The van der Waals surface area contributed by atoms with Gasteiger partial charge in [0.2, 0.25) is 0 Å². The summed E-state index contributed by atoms with van der Waals surface area (Å²) < 4.78 is 9.39. The minimum atomic E-state index is -1.17. The van der Waals surface area contributed by atoms with E-state index in [4.69, 9.17) is 14.6 Å². The topological polar surface area (TPSA) is 89.9 Å². The monoisotopic (exact) mass is 230 g/mol. The van der Waals surface area contributed by atoms with Gasteiger partial charge in [0.05, 0.1) is 31.0 Å². The Hall–Kier alpha value is -1.59. The molecule has 90 valence electrons. The Kier molecular flexibility index (Phi) is 3.87. The number of hydrogen-bond donors (Lipinski definition) is 1. The first-order chi connectivity index (χ1) is 7.54. The van der Waals surface area contributed by atoms with Crippen LogP contribution in [-0.4, -0.2) is 36.2 Å². The number of esters is 2. The summed E-state index contributed by atoms with van der Waals surface area (Å²) in [6, 6.07) is 0. The van der Waals surface area contributed by atoms with Crippen LogP contribution < -0.4 is 0 Å². The third-order valence-electron chi connectivity index (χ3n) is 2.42. The summed E-state index contributed by atoms with van der Waals surface area (Å²) in [4.78, 5) is 33.5. The molecule has 0 saturated heterocycles. The first-order valence-corrected chi connectivity index (χ1v) is 5.10. The predicted octanol–water partition coefficient (Wildman–Crippen LogP) is 0.0594. The van der Waals surface area contributed by atoms with Crippen molar-refractivity contribution in [1.29, 1.82) is 0 Å². The molecular formula is C10H14O6. The molecule has 0 aromatic rings. The first-order valence-electron chi connectivity index (χ1n) is 5.10. The molecule has 1 aliphatic carbocycles. The molecule has 2 unspecified atom stereocenters. The van der Waals surface area contributed by atoms with E-state index in [0.29, 0.717) is 0 Å². The molecule has 0 aromatic heterocycles. The van der Waals surface area contributed by atoms with Gasteiger partial charge in [0.15, 0.2) is 0 Å². The van der Waals surface area contributed by atoms with Crippen LogP contribution in [0.25, 0.3) is 0 Å². The van der Waals surface area contributed by atoms with Crippen LogP contribution in [0.1, 0.15) is 13.8 Å². The molecule has 0 heterocycles. The molecule has 0 bridgehead atoms. The molecule has 1 N–H and O–H groups in total. The average Bonchev–Trinajstić information content (AvgIpc) is 2.93. The van der Waals surface area contributed by atoms with Gasteiger partial charge in [0.1, 0.15) is 0 Å². The Morgan fingerprint density at radius 1 is 0.938 bits per heavy atom. The summed E-state index contributed by atoms with van der Waals surface area (Å²) in [5.74, 6) is -5.25. The van der Waals surface area contributed by atoms with E-state index in [2.05, 4.69) is 0 Å². The smallest absolute Gasteiger partial charge is 0.310 e. The van der Waals surface area contributed by atoms with Crippen molar-refractivity contribution in [2.45, 2.75) is 13.8 Å². The number of carboxylic acid groups (broad SMARTS) is 1. The zero-order valence-corrected chi connectivity index (χ0v) is 9.13. The number of carboxylic acids is 1. The van der Waals surface area contributed by atoms with Crippen LogP contribution in [0.15, 0.2) is 0 Å².